The summed E-state index contributed by atoms with van der Waals surface area (Å²) in [5.74, 6) is -2.02. The van der Waals surface area contributed by atoms with E-state index in [2.05, 4.69) is 5.32 Å². The Bertz CT molecular complexity index is 1420. The van der Waals surface area contributed by atoms with Gasteiger partial charge in [-0.25, -0.2) is 4.79 Å². The van der Waals surface area contributed by atoms with Crippen molar-refractivity contribution in [2.75, 3.05) is 31.1 Å². The number of halogens is 3. The predicted octanol–water partition coefficient (Wildman–Crippen LogP) is 4.87. The molecule has 2 atom stereocenters. The summed E-state index contributed by atoms with van der Waals surface area (Å²) < 4.78 is 50.0. The molecule has 0 spiro atoms. The predicted molar refractivity (Wildman–Crippen MR) is 155 cm³/mol. The fourth-order valence-electron chi connectivity index (χ4n) is 5.81. The molecule has 1 unspecified atom stereocenters. The number of benzene rings is 2. The molecule has 0 saturated carbocycles. The Kier molecular flexibility index (Phi) is 9.45. The van der Waals surface area contributed by atoms with Crippen LogP contribution in [0.25, 0.3) is 0 Å². The van der Waals surface area contributed by atoms with Gasteiger partial charge in [-0.3, -0.25) is 14.4 Å². The number of rotatable bonds is 8. The molecule has 0 bridgehead atoms. The molecule has 44 heavy (non-hydrogen) atoms. The Balaban J connectivity index is 1.84. The highest BCUT2D eigenvalue weighted by molar-refractivity contribution is 6.05. The molecule has 4 amide bonds. The SMILES string of the molecule is CCC(=O)NCCN1C(=O)C(C)(c2ccccc2)Oc2cc(C(F)(F)F)c(C(=O)N(C(C)C)[C@@H]3CCCN(C(=O)O)C3)cc21. The normalized spacial score (nSPS) is 20.2. The second-order valence-electron chi connectivity index (χ2n) is 11.4. The van der Waals surface area contributed by atoms with E-state index in [1.807, 2.05) is 0 Å². The summed E-state index contributed by atoms with van der Waals surface area (Å²) in [5.41, 5.74) is -3.23. The van der Waals surface area contributed by atoms with Crippen LogP contribution in [0, 0.1) is 0 Å². The summed E-state index contributed by atoms with van der Waals surface area (Å²) in [4.78, 5) is 55.3. The maximum Gasteiger partial charge on any atom is 0.417 e. The Hall–Kier alpha value is -4.29. The third-order valence-corrected chi connectivity index (χ3v) is 8.05. The first kappa shape index (κ1) is 32.6. The fraction of sp³-hybridized carbons (Fsp3) is 0.484. The van der Waals surface area contributed by atoms with E-state index in [4.69, 9.17) is 4.74 Å². The van der Waals surface area contributed by atoms with E-state index in [9.17, 15) is 37.5 Å². The molecular formula is C31H37F3N4O6. The molecule has 1 saturated heterocycles. The molecule has 13 heteroatoms. The maximum atomic E-state index is 14.6. The van der Waals surface area contributed by atoms with Crippen molar-refractivity contribution in [3.8, 4) is 5.75 Å². The molecule has 2 aliphatic rings. The average Bonchev–Trinajstić information content (AvgIpc) is 2.98. The van der Waals surface area contributed by atoms with Gasteiger partial charge in [-0.15, -0.1) is 0 Å². The molecule has 0 radical (unpaired) electrons. The van der Waals surface area contributed by atoms with Crippen LogP contribution in [0.5, 0.6) is 5.75 Å². The number of carbonyl (C=O) groups is 4. The molecule has 2 aromatic carbocycles. The van der Waals surface area contributed by atoms with Crippen molar-refractivity contribution in [2.45, 2.75) is 70.8 Å². The number of amides is 4. The van der Waals surface area contributed by atoms with Crippen LogP contribution in [0.4, 0.5) is 23.7 Å². The van der Waals surface area contributed by atoms with Gasteiger partial charge in [-0.05, 0) is 45.7 Å². The highest BCUT2D eigenvalue weighted by atomic mass is 19.4. The van der Waals surface area contributed by atoms with Gasteiger partial charge < -0.3 is 29.9 Å². The van der Waals surface area contributed by atoms with Crippen molar-refractivity contribution in [3.63, 3.8) is 0 Å². The molecule has 0 aliphatic carbocycles. The second-order valence-corrected chi connectivity index (χ2v) is 11.4. The molecule has 2 aliphatic heterocycles. The number of fused-ring (bicyclic) bond motifs is 1. The fourth-order valence-corrected chi connectivity index (χ4v) is 5.81. The quantitative estimate of drug-likeness (QED) is 0.436. The first-order valence-electron chi connectivity index (χ1n) is 14.6. The van der Waals surface area contributed by atoms with Gasteiger partial charge in [0.2, 0.25) is 11.5 Å². The largest absolute Gasteiger partial charge is 0.471 e. The number of piperidine rings is 1. The van der Waals surface area contributed by atoms with Crippen LogP contribution in [0.1, 0.15) is 68.4 Å². The van der Waals surface area contributed by atoms with Crippen LogP contribution < -0.4 is 15.0 Å². The summed E-state index contributed by atoms with van der Waals surface area (Å²) in [6, 6.07) is 8.92. The zero-order valence-corrected chi connectivity index (χ0v) is 25.1. The smallest absolute Gasteiger partial charge is 0.417 e. The minimum absolute atomic E-state index is 0.0121. The zero-order chi connectivity index (χ0) is 32.4. The summed E-state index contributed by atoms with van der Waals surface area (Å²) in [7, 11) is 0. The standard InChI is InChI=1S/C31H37F3N4O6/c1-5-26(39)35-13-15-37-24-16-22(27(40)38(19(2)3)21-12-9-14-36(18-21)29(42)43)23(31(32,33)34)17-25(24)44-30(4,28(37)41)20-10-7-6-8-11-20/h6-8,10-11,16-17,19,21H,5,9,12-15,18H2,1-4H3,(H,35,39)(H,42,43)/t21-,30?/m1/s1. The monoisotopic (exact) mass is 618 g/mol. The average molecular weight is 619 g/mol. The minimum Gasteiger partial charge on any atom is -0.471 e. The number of anilines is 1. The van der Waals surface area contributed by atoms with Gasteiger partial charge in [0, 0.05) is 44.2 Å². The Morgan fingerprint density at radius 1 is 1.18 bits per heavy atom. The van der Waals surface area contributed by atoms with E-state index in [1.165, 1.54) is 16.7 Å². The second kappa shape index (κ2) is 12.7. The lowest BCUT2D eigenvalue weighted by Gasteiger charge is -2.42. The van der Waals surface area contributed by atoms with Crippen LogP contribution in [-0.2, 0) is 21.4 Å². The topological polar surface area (TPSA) is 119 Å². The van der Waals surface area contributed by atoms with Gasteiger partial charge in [0.05, 0.1) is 22.9 Å². The third-order valence-electron chi connectivity index (χ3n) is 8.05. The lowest BCUT2D eigenvalue weighted by Crippen LogP contribution is -2.55. The summed E-state index contributed by atoms with van der Waals surface area (Å²) in [6.07, 6.45) is -5.06. The number of alkyl halides is 3. The Morgan fingerprint density at radius 3 is 2.45 bits per heavy atom. The van der Waals surface area contributed by atoms with Crippen LogP contribution in [0.3, 0.4) is 0 Å². The van der Waals surface area contributed by atoms with Crippen molar-refractivity contribution in [2.24, 2.45) is 0 Å². The molecule has 0 aromatic heterocycles. The molecule has 2 N–H and O–H groups in total. The molecular weight excluding hydrogens is 581 g/mol. The van der Waals surface area contributed by atoms with E-state index >= 15 is 0 Å². The number of carboxylic acid groups (broad SMARTS) is 1. The molecule has 4 rings (SSSR count). The molecule has 1 fully saturated rings. The van der Waals surface area contributed by atoms with Gasteiger partial charge in [0.15, 0.2) is 0 Å². The molecule has 2 aromatic rings. The van der Waals surface area contributed by atoms with Gasteiger partial charge in [0.1, 0.15) is 5.75 Å². The number of ether oxygens (including phenoxy) is 1. The molecule has 238 valence electrons. The van der Waals surface area contributed by atoms with Crippen molar-refractivity contribution >= 4 is 29.5 Å². The summed E-state index contributed by atoms with van der Waals surface area (Å²) in [6.45, 7) is 6.59. The zero-order valence-electron chi connectivity index (χ0n) is 25.1. The number of nitrogens with one attached hydrogen (secondary N) is 1. The van der Waals surface area contributed by atoms with Crippen LogP contribution >= 0.6 is 0 Å². The van der Waals surface area contributed by atoms with Gasteiger partial charge in [-0.1, -0.05) is 37.3 Å². The van der Waals surface area contributed by atoms with Crippen molar-refractivity contribution in [1.82, 2.24) is 15.1 Å². The van der Waals surface area contributed by atoms with Crippen molar-refractivity contribution in [1.29, 1.82) is 0 Å². The van der Waals surface area contributed by atoms with Crippen LogP contribution in [-0.4, -0.2) is 77.0 Å². The van der Waals surface area contributed by atoms with Crippen molar-refractivity contribution in [3.05, 3.63) is 59.2 Å². The highest BCUT2D eigenvalue weighted by Gasteiger charge is 2.48. The van der Waals surface area contributed by atoms with Gasteiger partial charge in [-0.2, -0.15) is 13.2 Å². The van der Waals surface area contributed by atoms with Crippen LogP contribution in [0.15, 0.2) is 42.5 Å². The highest BCUT2D eigenvalue weighted by Crippen LogP contribution is 2.46. The van der Waals surface area contributed by atoms with Gasteiger partial charge in [0.25, 0.3) is 11.8 Å². The van der Waals surface area contributed by atoms with Crippen molar-refractivity contribution < 1.29 is 42.2 Å². The van der Waals surface area contributed by atoms with E-state index in [-0.39, 0.29) is 49.9 Å². The van der Waals surface area contributed by atoms with E-state index < -0.39 is 52.9 Å². The number of likely N-dealkylation sites (tertiary alicyclic amines) is 1. The molecule has 10 nitrogen and oxygen atoms in total. The Morgan fingerprint density at radius 2 is 1.86 bits per heavy atom. The van der Waals surface area contributed by atoms with E-state index in [0.717, 1.165) is 17.0 Å². The first-order valence-corrected chi connectivity index (χ1v) is 14.6. The first-order chi connectivity index (χ1) is 20.7. The number of nitrogens with zero attached hydrogens (tertiary/aromatic N) is 3. The van der Waals surface area contributed by atoms with Gasteiger partial charge >= 0.3 is 12.3 Å². The number of hydrogen-bond donors (Lipinski definition) is 2. The maximum absolute atomic E-state index is 14.6. The van der Waals surface area contributed by atoms with E-state index in [1.54, 1.807) is 51.1 Å². The minimum atomic E-state index is -4.96. The third kappa shape index (κ3) is 6.46. The summed E-state index contributed by atoms with van der Waals surface area (Å²) >= 11 is 0. The molecule has 2 heterocycles. The lowest BCUT2D eigenvalue weighted by molar-refractivity contribution is -0.138. The van der Waals surface area contributed by atoms with E-state index in [0.29, 0.717) is 18.4 Å². The number of carbonyl (C=O) groups excluding carboxylic acids is 3. The lowest BCUT2D eigenvalue weighted by atomic mass is 9.91. The summed E-state index contributed by atoms with van der Waals surface area (Å²) in [5, 5.41) is 12.2. The van der Waals surface area contributed by atoms with Crippen LogP contribution in [0.2, 0.25) is 0 Å². The number of hydrogen-bond acceptors (Lipinski definition) is 5. The Labute approximate surface area is 253 Å².